The van der Waals surface area contributed by atoms with E-state index in [4.69, 9.17) is 9.84 Å². The number of unbranched alkanes of at least 4 members (excludes halogenated alkanes) is 1. The van der Waals surface area contributed by atoms with Crippen molar-refractivity contribution in [1.82, 2.24) is 0 Å². The van der Waals surface area contributed by atoms with Gasteiger partial charge in [-0.2, -0.15) is 0 Å². The van der Waals surface area contributed by atoms with E-state index >= 15 is 0 Å². The third-order valence-electron chi connectivity index (χ3n) is 2.02. The highest BCUT2D eigenvalue weighted by Gasteiger charge is 2.09. The SMILES string of the molecule is CCCCC(CC)OC(C)CO. The fraction of sp³-hybridized carbons (Fsp3) is 1.00. The zero-order valence-electron chi connectivity index (χ0n) is 8.55. The van der Waals surface area contributed by atoms with Crippen molar-refractivity contribution >= 4 is 0 Å². The summed E-state index contributed by atoms with van der Waals surface area (Å²) in [5, 5.41) is 8.78. The minimum Gasteiger partial charge on any atom is -0.394 e. The molecule has 0 heterocycles. The van der Waals surface area contributed by atoms with E-state index in [0.717, 1.165) is 12.8 Å². The van der Waals surface area contributed by atoms with Crippen LogP contribution >= 0.6 is 0 Å². The van der Waals surface area contributed by atoms with Crippen molar-refractivity contribution < 1.29 is 9.84 Å². The first-order valence-corrected chi connectivity index (χ1v) is 5.00. The van der Waals surface area contributed by atoms with Crippen molar-refractivity contribution in [2.24, 2.45) is 0 Å². The average Bonchev–Trinajstić information content (AvgIpc) is 2.11. The van der Waals surface area contributed by atoms with Gasteiger partial charge in [0.05, 0.1) is 18.8 Å². The van der Waals surface area contributed by atoms with Crippen LogP contribution in [-0.4, -0.2) is 23.9 Å². The van der Waals surface area contributed by atoms with Crippen molar-refractivity contribution in [3.8, 4) is 0 Å². The Labute approximate surface area is 75.9 Å². The summed E-state index contributed by atoms with van der Waals surface area (Å²) >= 11 is 0. The molecule has 0 bridgehead atoms. The quantitative estimate of drug-likeness (QED) is 0.642. The van der Waals surface area contributed by atoms with Crippen molar-refractivity contribution in [3.63, 3.8) is 0 Å². The maximum Gasteiger partial charge on any atom is 0.0781 e. The Kier molecular flexibility index (Phi) is 7.51. The predicted octanol–water partition coefficient (Wildman–Crippen LogP) is 2.35. The lowest BCUT2D eigenvalue weighted by Crippen LogP contribution is -2.22. The molecule has 0 aromatic rings. The first-order valence-electron chi connectivity index (χ1n) is 5.00. The van der Waals surface area contributed by atoms with Crippen molar-refractivity contribution in [3.05, 3.63) is 0 Å². The Hall–Kier alpha value is -0.0800. The van der Waals surface area contributed by atoms with Gasteiger partial charge in [0.25, 0.3) is 0 Å². The van der Waals surface area contributed by atoms with Gasteiger partial charge in [0.2, 0.25) is 0 Å². The van der Waals surface area contributed by atoms with E-state index in [1.165, 1.54) is 12.8 Å². The van der Waals surface area contributed by atoms with Gasteiger partial charge in [0, 0.05) is 0 Å². The monoisotopic (exact) mass is 174 g/mol. The van der Waals surface area contributed by atoms with Gasteiger partial charge in [-0.15, -0.1) is 0 Å². The number of aliphatic hydroxyl groups excluding tert-OH is 1. The van der Waals surface area contributed by atoms with Crippen molar-refractivity contribution in [2.45, 2.75) is 58.7 Å². The summed E-state index contributed by atoms with van der Waals surface area (Å²) in [5.41, 5.74) is 0. The molecular weight excluding hydrogens is 152 g/mol. The molecule has 74 valence electrons. The van der Waals surface area contributed by atoms with Crippen LogP contribution in [0.4, 0.5) is 0 Å². The van der Waals surface area contributed by atoms with E-state index in [2.05, 4.69) is 13.8 Å². The fourth-order valence-corrected chi connectivity index (χ4v) is 1.17. The minimum atomic E-state index is -0.00759. The fourth-order valence-electron chi connectivity index (χ4n) is 1.17. The van der Waals surface area contributed by atoms with E-state index in [1.807, 2.05) is 6.92 Å². The number of aliphatic hydroxyl groups is 1. The molecule has 1 N–H and O–H groups in total. The third kappa shape index (κ3) is 5.56. The Bertz CT molecular complexity index is 93.8. The van der Waals surface area contributed by atoms with Crippen LogP contribution in [0, 0.1) is 0 Å². The maximum absolute atomic E-state index is 8.78. The minimum absolute atomic E-state index is 0.00759. The highest BCUT2D eigenvalue weighted by Crippen LogP contribution is 2.10. The van der Waals surface area contributed by atoms with E-state index in [1.54, 1.807) is 0 Å². The molecule has 0 saturated carbocycles. The molecule has 0 spiro atoms. The zero-order valence-corrected chi connectivity index (χ0v) is 8.55. The van der Waals surface area contributed by atoms with E-state index in [9.17, 15) is 0 Å². The van der Waals surface area contributed by atoms with E-state index in [-0.39, 0.29) is 12.7 Å². The molecule has 0 aromatic heterocycles. The first kappa shape index (κ1) is 11.9. The highest BCUT2D eigenvalue weighted by atomic mass is 16.5. The second-order valence-corrected chi connectivity index (χ2v) is 3.30. The number of rotatable bonds is 7. The molecule has 0 rings (SSSR count). The summed E-state index contributed by atoms with van der Waals surface area (Å²) < 4.78 is 5.60. The number of ether oxygens (including phenoxy) is 1. The number of hydrogen-bond acceptors (Lipinski definition) is 2. The molecular formula is C10H22O2. The summed E-state index contributed by atoms with van der Waals surface area (Å²) in [6.45, 7) is 6.35. The molecule has 0 radical (unpaired) electrons. The van der Waals surface area contributed by atoms with Crippen LogP contribution in [0.25, 0.3) is 0 Å². The van der Waals surface area contributed by atoms with Gasteiger partial charge >= 0.3 is 0 Å². The molecule has 2 heteroatoms. The zero-order chi connectivity index (χ0) is 9.40. The van der Waals surface area contributed by atoms with Gasteiger partial charge < -0.3 is 9.84 Å². The topological polar surface area (TPSA) is 29.5 Å². The highest BCUT2D eigenvalue weighted by molar-refractivity contribution is 4.58. The summed E-state index contributed by atoms with van der Waals surface area (Å²) in [6.07, 6.45) is 4.94. The molecule has 0 amide bonds. The van der Waals surface area contributed by atoms with Crippen LogP contribution in [0.5, 0.6) is 0 Å². The van der Waals surface area contributed by atoms with Gasteiger partial charge in [0.15, 0.2) is 0 Å². The molecule has 0 saturated heterocycles. The lowest BCUT2D eigenvalue weighted by Gasteiger charge is -2.19. The smallest absolute Gasteiger partial charge is 0.0781 e. The Morgan fingerprint density at radius 3 is 2.42 bits per heavy atom. The van der Waals surface area contributed by atoms with Gasteiger partial charge in [-0.25, -0.2) is 0 Å². The van der Waals surface area contributed by atoms with Crippen LogP contribution in [0.3, 0.4) is 0 Å². The normalized spacial score (nSPS) is 16.0. The lowest BCUT2D eigenvalue weighted by atomic mass is 10.1. The third-order valence-corrected chi connectivity index (χ3v) is 2.02. The van der Waals surface area contributed by atoms with Crippen LogP contribution in [0.1, 0.15) is 46.5 Å². The Balaban J connectivity index is 3.51. The van der Waals surface area contributed by atoms with Gasteiger partial charge in [0.1, 0.15) is 0 Å². The van der Waals surface area contributed by atoms with Crippen molar-refractivity contribution in [2.75, 3.05) is 6.61 Å². The Morgan fingerprint density at radius 2 is 2.00 bits per heavy atom. The second kappa shape index (κ2) is 7.56. The summed E-state index contributed by atoms with van der Waals surface area (Å²) in [6, 6.07) is 0. The summed E-state index contributed by atoms with van der Waals surface area (Å²) in [4.78, 5) is 0. The van der Waals surface area contributed by atoms with Crippen LogP contribution in [0.2, 0.25) is 0 Å². The van der Waals surface area contributed by atoms with Crippen LogP contribution in [0.15, 0.2) is 0 Å². The summed E-state index contributed by atoms with van der Waals surface area (Å²) in [7, 11) is 0. The van der Waals surface area contributed by atoms with E-state index in [0.29, 0.717) is 6.10 Å². The molecule has 0 aliphatic heterocycles. The van der Waals surface area contributed by atoms with Gasteiger partial charge in [-0.1, -0.05) is 26.7 Å². The van der Waals surface area contributed by atoms with Crippen LogP contribution < -0.4 is 0 Å². The second-order valence-electron chi connectivity index (χ2n) is 3.30. The molecule has 0 aliphatic rings. The first-order chi connectivity index (χ1) is 5.74. The molecule has 0 fully saturated rings. The largest absolute Gasteiger partial charge is 0.394 e. The molecule has 2 nitrogen and oxygen atoms in total. The average molecular weight is 174 g/mol. The molecule has 2 unspecified atom stereocenters. The summed E-state index contributed by atoms with van der Waals surface area (Å²) in [5.74, 6) is 0. The van der Waals surface area contributed by atoms with Crippen LogP contribution in [-0.2, 0) is 4.74 Å². The Morgan fingerprint density at radius 1 is 1.33 bits per heavy atom. The number of hydrogen-bond donors (Lipinski definition) is 1. The maximum atomic E-state index is 8.78. The molecule has 0 aromatic carbocycles. The molecule has 12 heavy (non-hydrogen) atoms. The molecule has 2 atom stereocenters. The molecule has 0 aliphatic carbocycles. The van der Waals surface area contributed by atoms with Crippen molar-refractivity contribution in [1.29, 1.82) is 0 Å². The van der Waals surface area contributed by atoms with Gasteiger partial charge in [-0.3, -0.25) is 0 Å². The van der Waals surface area contributed by atoms with Gasteiger partial charge in [-0.05, 0) is 19.8 Å². The lowest BCUT2D eigenvalue weighted by molar-refractivity contribution is -0.0346. The van der Waals surface area contributed by atoms with E-state index < -0.39 is 0 Å². The standard InChI is InChI=1S/C10H22O2/c1-4-6-7-10(5-2)12-9(3)8-11/h9-11H,4-8H2,1-3H3. The predicted molar refractivity (Wildman–Crippen MR) is 51.2 cm³/mol.